The number of aryl methyl sites for hydroxylation is 2. The molecule has 0 saturated carbocycles. The molecule has 156 valence electrons. The van der Waals surface area contributed by atoms with Gasteiger partial charge >= 0.3 is 5.97 Å². The Morgan fingerprint density at radius 1 is 1.00 bits per heavy atom. The predicted molar refractivity (Wildman–Crippen MR) is 112 cm³/mol. The van der Waals surface area contributed by atoms with Crippen LogP contribution in [0.3, 0.4) is 0 Å². The summed E-state index contributed by atoms with van der Waals surface area (Å²) in [5.74, 6) is -1.96. The number of fused-ring (bicyclic) bond motifs is 1. The number of benzene rings is 2. The lowest BCUT2D eigenvalue weighted by Gasteiger charge is -2.12. The van der Waals surface area contributed by atoms with E-state index < -0.39 is 24.4 Å². The molecule has 0 bridgehead atoms. The van der Waals surface area contributed by atoms with Gasteiger partial charge in [0.2, 0.25) is 0 Å². The Bertz CT molecular complexity index is 1010. The molecule has 1 aliphatic heterocycles. The fraction of sp³-hybridized carbons (Fsp3) is 0.304. The minimum Gasteiger partial charge on any atom is -0.452 e. The lowest BCUT2D eigenvalue weighted by atomic mass is 10.1. The number of imide groups is 1. The fourth-order valence-electron chi connectivity index (χ4n) is 3.34. The number of hydrogen-bond acceptors (Lipinski definition) is 5. The van der Waals surface area contributed by atoms with Crippen molar-refractivity contribution < 1.29 is 23.9 Å². The molecule has 0 radical (unpaired) electrons. The average molecular weight is 408 g/mol. The molecule has 0 saturated heterocycles. The molecular weight excluding hydrogens is 384 g/mol. The number of rotatable bonds is 7. The van der Waals surface area contributed by atoms with Gasteiger partial charge in [-0.3, -0.25) is 19.3 Å². The highest BCUT2D eigenvalue weighted by Gasteiger charge is 2.35. The maximum Gasteiger partial charge on any atom is 0.338 e. The Morgan fingerprint density at radius 3 is 2.33 bits per heavy atom. The van der Waals surface area contributed by atoms with E-state index in [1.165, 1.54) is 23.1 Å². The topological polar surface area (TPSA) is 92.8 Å². The number of anilines is 1. The average Bonchev–Trinajstić information content (AvgIpc) is 2.97. The largest absolute Gasteiger partial charge is 0.452 e. The van der Waals surface area contributed by atoms with Gasteiger partial charge in [0.05, 0.1) is 16.7 Å². The van der Waals surface area contributed by atoms with Crippen LogP contribution in [0.2, 0.25) is 0 Å². The lowest BCUT2D eigenvalue weighted by Crippen LogP contribution is -2.30. The quantitative estimate of drug-likeness (QED) is 0.559. The molecule has 2 aromatic rings. The summed E-state index contributed by atoms with van der Waals surface area (Å²) >= 11 is 0. The van der Waals surface area contributed by atoms with Crippen molar-refractivity contribution in [1.29, 1.82) is 0 Å². The van der Waals surface area contributed by atoms with Crippen LogP contribution in [0.5, 0.6) is 0 Å². The van der Waals surface area contributed by atoms with Crippen LogP contribution in [0.4, 0.5) is 5.69 Å². The summed E-state index contributed by atoms with van der Waals surface area (Å²) in [6.45, 7) is 5.62. The highest BCUT2D eigenvalue weighted by atomic mass is 16.5. The van der Waals surface area contributed by atoms with Gasteiger partial charge in [0, 0.05) is 12.2 Å². The van der Waals surface area contributed by atoms with E-state index in [1.54, 1.807) is 0 Å². The van der Waals surface area contributed by atoms with Crippen molar-refractivity contribution in [3.05, 3.63) is 64.2 Å². The molecule has 7 heteroatoms. The summed E-state index contributed by atoms with van der Waals surface area (Å²) in [4.78, 5) is 50.6. The Kier molecular flexibility index (Phi) is 6.30. The molecule has 30 heavy (non-hydrogen) atoms. The van der Waals surface area contributed by atoms with Crippen LogP contribution < -0.4 is 5.32 Å². The number of amides is 3. The first-order valence-electron chi connectivity index (χ1n) is 9.87. The zero-order chi connectivity index (χ0) is 21.8. The zero-order valence-corrected chi connectivity index (χ0v) is 17.3. The van der Waals surface area contributed by atoms with Crippen molar-refractivity contribution in [2.24, 2.45) is 0 Å². The molecular formula is C23H24N2O5. The van der Waals surface area contributed by atoms with Gasteiger partial charge in [-0.1, -0.05) is 31.5 Å². The molecule has 3 amide bonds. The van der Waals surface area contributed by atoms with Gasteiger partial charge in [0.1, 0.15) is 0 Å². The second kappa shape index (κ2) is 8.90. The van der Waals surface area contributed by atoms with Crippen molar-refractivity contribution >= 4 is 29.4 Å². The summed E-state index contributed by atoms with van der Waals surface area (Å²) in [6.07, 6.45) is 1.57. The van der Waals surface area contributed by atoms with E-state index in [0.29, 0.717) is 12.2 Å². The third-order valence-electron chi connectivity index (χ3n) is 5.02. The highest BCUT2D eigenvalue weighted by Crippen LogP contribution is 2.25. The second-order valence-corrected chi connectivity index (χ2v) is 7.27. The van der Waals surface area contributed by atoms with Crippen LogP contribution in [0, 0.1) is 13.8 Å². The molecule has 0 spiro atoms. The number of ether oxygens (including phenoxy) is 1. The van der Waals surface area contributed by atoms with E-state index >= 15 is 0 Å². The standard InChI is InChI=1S/C23H24N2O5/c1-4-5-11-25-21(27)17-10-9-16(12-18(17)22(25)28)23(29)30-13-19(26)24-20-14(2)7-6-8-15(20)3/h6-10,12H,4-5,11,13H2,1-3H3,(H,24,26). The SMILES string of the molecule is CCCCN1C(=O)c2ccc(C(=O)OCC(=O)Nc3c(C)cccc3C)cc2C1=O. The van der Waals surface area contributed by atoms with Gasteiger partial charge in [-0.2, -0.15) is 0 Å². The minimum absolute atomic E-state index is 0.118. The van der Waals surface area contributed by atoms with Crippen LogP contribution in [0.1, 0.15) is 62.0 Å². The predicted octanol–water partition coefficient (Wildman–Crippen LogP) is 3.50. The molecule has 0 aromatic heterocycles. The van der Waals surface area contributed by atoms with Gasteiger partial charge in [0.25, 0.3) is 17.7 Å². The maximum atomic E-state index is 12.5. The molecule has 0 aliphatic carbocycles. The molecule has 1 N–H and O–H groups in total. The van der Waals surface area contributed by atoms with Gasteiger partial charge in [0.15, 0.2) is 6.61 Å². The van der Waals surface area contributed by atoms with Crippen LogP contribution in [-0.2, 0) is 9.53 Å². The Hall–Kier alpha value is -3.48. The summed E-state index contributed by atoms with van der Waals surface area (Å²) in [5, 5.41) is 2.74. The van der Waals surface area contributed by atoms with E-state index in [2.05, 4.69) is 5.32 Å². The monoisotopic (exact) mass is 408 g/mol. The number of hydrogen-bond donors (Lipinski definition) is 1. The van der Waals surface area contributed by atoms with Crippen LogP contribution in [-0.4, -0.2) is 41.7 Å². The Balaban J connectivity index is 1.65. The first-order chi connectivity index (χ1) is 14.3. The van der Waals surface area contributed by atoms with Crippen LogP contribution >= 0.6 is 0 Å². The van der Waals surface area contributed by atoms with Crippen LogP contribution in [0.25, 0.3) is 0 Å². The first kappa shape index (κ1) is 21.2. The molecule has 0 atom stereocenters. The normalized spacial score (nSPS) is 12.7. The first-order valence-corrected chi connectivity index (χ1v) is 9.87. The van der Waals surface area contributed by atoms with Crippen LogP contribution in [0.15, 0.2) is 36.4 Å². The molecule has 2 aromatic carbocycles. The van der Waals surface area contributed by atoms with Gasteiger partial charge in [-0.25, -0.2) is 4.79 Å². The zero-order valence-electron chi connectivity index (χ0n) is 17.3. The fourth-order valence-corrected chi connectivity index (χ4v) is 3.34. The summed E-state index contributed by atoms with van der Waals surface area (Å²) in [7, 11) is 0. The van der Waals surface area contributed by atoms with Crippen molar-refractivity contribution in [2.75, 3.05) is 18.5 Å². The Labute approximate surface area is 175 Å². The number of carbonyl (C=O) groups is 4. The molecule has 3 rings (SSSR count). The Morgan fingerprint density at radius 2 is 1.67 bits per heavy atom. The van der Waals surface area contributed by atoms with Gasteiger partial charge < -0.3 is 10.1 Å². The molecule has 7 nitrogen and oxygen atoms in total. The summed E-state index contributed by atoms with van der Waals surface area (Å²) in [6, 6.07) is 9.88. The van der Waals surface area contributed by atoms with E-state index in [0.717, 1.165) is 24.0 Å². The number of carbonyl (C=O) groups excluding carboxylic acids is 4. The second-order valence-electron chi connectivity index (χ2n) is 7.27. The van der Waals surface area contributed by atoms with E-state index in [-0.39, 0.29) is 22.6 Å². The number of para-hydroxylation sites is 1. The number of unbranched alkanes of at least 4 members (excludes halogenated alkanes) is 1. The van der Waals surface area contributed by atoms with Crippen molar-refractivity contribution in [3.63, 3.8) is 0 Å². The molecule has 0 unspecified atom stereocenters. The number of nitrogens with one attached hydrogen (secondary N) is 1. The van der Waals surface area contributed by atoms with E-state index in [9.17, 15) is 19.2 Å². The third kappa shape index (κ3) is 4.25. The maximum absolute atomic E-state index is 12.5. The minimum atomic E-state index is -0.735. The van der Waals surface area contributed by atoms with Gasteiger partial charge in [-0.15, -0.1) is 0 Å². The summed E-state index contributed by atoms with van der Waals surface area (Å²) < 4.78 is 5.09. The van der Waals surface area contributed by atoms with Gasteiger partial charge in [-0.05, 0) is 49.6 Å². The number of nitrogens with zero attached hydrogens (tertiary/aromatic N) is 1. The highest BCUT2D eigenvalue weighted by molar-refractivity contribution is 6.22. The van der Waals surface area contributed by atoms with Crippen molar-refractivity contribution in [1.82, 2.24) is 4.90 Å². The molecule has 1 aliphatic rings. The molecule has 1 heterocycles. The summed E-state index contributed by atoms with van der Waals surface area (Å²) in [5.41, 5.74) is 3.08. The molecule has 0 fully saturated rings. The third-order valence-corrected chi connectivity index (χ3v) is 5.02. The van der Waals surface area contributed by atoms with Crippen molar-refractivity contribution in [2.45, 2.75) is 33.6 Å². The smallest absolute Gasteiger partial charge is 0.338 e. The van der Waals surface area contributed by atoms with E-state index in [1.807, 2.05) is 39.0 Å². The van der Waals surface area contributed by atoms with Crippen molar-refractivity contribution in [3.8, 4) is 0 Å². The van der Waals surface area contributed by atoms with E-state index in [4.69, 9.17) is 4.74 Å². The lowest BCUT2D eigenvalue weighted by molar-refractivity contribution is -0.119. The number of esters is 1.